The van der Waals surface area contributed by atoms with E-state index in [0.29, 0.717) is 0 Å². The summed E-state index contributed by atoms with van der Waals surface area (Å²) in [5.74, 6) is 0.937. The molecule has 1 aliphatic heterocycles. The molecule has 88 valence electrons. The van der Waals surface area contributed by atoms with Crippen molar-refractivity contribution >= 4 is 0 Å². The highest BCUT2D eigenvalue weighted by Gasteiger charge is 2.36. The lowest BCUT2D eigenvalue weighted by molar-refractivity contribution is 0.0697. The minimum Gasteiger partial charge on any atom is -0.314 e. The molecule has 1 heterocycles. The highest BCUT2D eigenvalue weighted by Crippen LogP contribution is 2.33. The molecule has 2 heteroatoms. The van der Waals surface area contributed by atoms with E-state index in [-0.39, 0.29) is 0 Å². The molecule has 1 saturated heterocycles. The lowest BCUT2D eigenvalue weighted by atomic mass is 9.76. The van der Waals surface area contributed by atoms with Gasteiger partial charge in [0.05, 0.1) is 0 Å². The molecule has 1 aliphatic carbocycles. The van der Waals surface area contributed by atoms with Crippen LogP contribution in [0.1, 0.15) is 46.0 Å². The number of hydrogen-bond acceptors (Lipinski definition) is 2. The van der Waals surface area contributed by atoms with Gasteiger partial charge >= 0.3 is 0 Å². The van der Waals surface area contributed by atoms with Gasteiger partial charge in [-0.2, -0.15) is 0 Å². The molecule has 1 saturated carbocycles. The third-order valence-electron chi connectivity index (χ3n) is 4.44. The molecule has 0 amide bonds. The summed E-state index contributed by atoms with van der Waals surface area (Å²) < 4.78 is 0. The van der Waals surface area contributed by atoms with Crippen molar-refractivity contribution in [2.45, 2.75) is 58.0 Å². The lowest BCUT2D eigenvalue weighted by Crippen LogP contribution is -2.55. The van der Waals surface area contributed by atoms with E-state index in [1.54, 1.807) is 0 Å². The first-order valence-corrected chi connectivity index (χ1v) is 6.84. The highest BCUT2D eigenvalue weighted by atomic mass is 15.2. The first-order valence-electron chi connectivity index (χ1n) is 6.84. The van der Waals surface area contributed by atoms with Crippen molar-refractivity contribution in [1.29, 1.82) is 0 Å². The van der Waals surface area contributed by atoms with E-state index in [9.17, 15) is 0 Å². The average molecular weight is 210 g/mol. The zero-order valence-electron chi connectivity index (χ0n) is 10.3. The van der Waals surface area contributed by atoms with Crippen LogP contribution in [0.5, 0.6) is 0 Å². The van der Waals surface area contributed by atoms with Crippen LogP contribution < -0.4 is 5.32 Å². The van der Waals surface area contributed by atoms with Crippen molar-refractivity contribution in [2.75, 3.05) is 19.6 Å². The van der Waals surface area contributed by atoms with Gasteiger partial charge in [0.15, 0.2) is 0 Å². The summed E-state index contributed by atoms with van der Waals surface area (Å²) in [6, 6.07) is 1.70. The maximum atomic E-state index is 3.73. The Balaban J connectivity index is 2.02. The molecule has 0 radical (unpaired) electrons. The van der Waals surface area contributed by atoms with Crippen LogP contribution in [0.3, 0.4) is 0 Å². The molecule has 0 aromatic carbocycles. The summed E-state index contributed by atoms with van der Waals surface area (Å²) in [6.07, 6.45) is 7.14. The number of hydrogen-bond donors (Lipinski definition) is 1. The van der Waals surface area contributed by atoms with Gasteiger partial charge in [-0.1, -0.05) is 26.7 Å². The lowest BCUT2D eigenvalue weighted by Gasteiger charge is -2.46. The van der Waals surface area contributed by atoms with Crippen LogP contribution in [0.25, 0.3) is 0 Å². The molecule has 2 aliphatic rings. The molecule has 0 spiro atoms. The first kappa shape index (κ1) is 11.4. The molecule has 2 rings (SSSR count). The van der Waals surface area contributed by atoms with Crippen molar-refractivity contribution in [3.8, 4) is 0 Å². The van der Waals surface area contributed by atoms with Crippen molar-refractivity contribution in [1.82, 2.24) is 10.2 Å². The van der Waals surface area contributed by atoms with E-state index in [2.05, 4.69) is 24.1 Å². The average Bonchev–Trinajstić information content (AvgIpc) is 2.31. The summed E-state index contributed by atoms with van der Waals surface area (Å²) in [7, 11) is 0. The Bertz CT molecular complexity index is 187. The fourth-order valence-corrected chi connectivity index (χ4v) is 3.65. The predicted octanol–water partition coefficient (Wildman–Crippen LogP) is 2.25. The van der Waals surface area contributed by atoms with Crippen molar-refractivity contribution < 1.29 is 0 Å². The Kier molecular flexibility index (Phi) is 4.04. The molecule has 2 fully saturated rings. The predicted molar refractivity (Wildman–Crippen MR) is 65.1 cm³/mol. The summed E-state index contributed by atoms with van der Waals surface area (Å²) in [6.45, 7) is 8.31. The summed E-state index contributed by atoms with van der Waals surface area (Å²) >= 11 is 0. The van der Waals surface area contributed by atoms with E-state index in [1.165, 1.54) is 51.7 Å². The van der Waals surface area contributed by atoms with E-state index in [4.69, 9.17) is 0 Å². The number of rotatable bonds is 3. The molecule has 2 nitrogen and oxygen atoms in total. The molecule has 0 unspecified atom stereocenters. The minimum atomic E-state index is 0.832. The Morgan fingerprint density at radius 3 is 2.53 bits per heavy atom. The summed E-state index contributed by atoms with van der Waals surface area (Å²) in [4.78, 5) is 2.68. The van der Waals surface area contributed by atoms with Gasteiger partial charge in [-0.05, 0) is 44.8 Å². The van der Waals surface area contributed by atoms with Gasteiger partial charge in [-0.15, -0.1) is 0 Å². The monoisotopic (exact) mass is 210 g/mol. The highest BCUT2D eigenvalue weighted by molar-refractivity contribution is 4.94. The Morgan fingerprint density at radius 1 is 1.07 bits per heavy atom. The van der Waals surface area contributed by atoms with Crippen LogP contribution in [0, 0.1) is 5.92 Å². The SMILES string of the molecule is CCN(CC)[C@@H]1CCN[C@@H]2CCCC[C@@H]12. The van der Waals surface area contributed by atoms with E-state index in [1.807, 2.05) is 0 Å². The van der Waals surface area contributed by atoms with Crippen LogP contribution in [0.4, 0.5) is 0 Å². The summed E-state index contributed by atoms with van der Waals surface area (Å²) in [5.41, 5.74) is 0. The number of nitrogens with one attached hydrogen (secondary N) is 1. The van der Waals surface area contributed by atoms with Gasteiger partial charge in [-0.25, -0.2) is 0 Å². The van der Waals surface area contributed by atoms with E-state index in [0.717, 1.165) is 18.0 Å². The normalized spacial score (nSPS) is 36.6. The standard InChI is InChI=1S/C13H26N2/c1-3-15(4-2)13-9-10-14-12-8-6-5-7-11(12)13/h11-14H,3-10H2,1-2H3/t11-,12-,13-/m1/s1. The third-order valence-corrected chi connectivity index (χ3v) is 4.44. The van der Waals surface area contributed by atoms with Crippen LogP contribution >= 0.6 is 0 Å². The molecular formula is C13H26N2. The van der Waals surface area contributed by atoms with Crippen molar-refractivity contribution in [2.24, 2.45) is 5.92 Å². The maximum absolute atomic E-state index is 3.73. The van der Waals surface area contributed by atoms with Gasteiger partial charge in [0.1, 0.15) is 0 Å². The van der Waals surface area contributed by atoms with Crippen LogP contribution in [-0.4, -0.2) is 36.6 Å². The first-order chi connectivity index (χ1) is 7.36. The third kappa shape index (κ3) is 2.36. The van der Waals surface area contributed by atoms with Gasteiger partial charge in [-0.3, -0.25) is 0 Å². The van der Waals surface area contributed by atoms with Crippen molar-refractivity contribution in [3.63, 3.8) is 0 Å². The van der Waals surface area contributed by atoms with Crippen molar-refractivity contribution in [3.05, 3.63) is 0 Å². The fraction of sp³-hybridized carbons (Fsp3) is 1.00. The van der Waals surface area contributed by atoms with Crippen LogP contribution in [0.15, 0.2) is 0 Å². The molecule has 0 aromatic heterocycles. The largest absolute Gasteiger partial charge is 0.314 e. The van der Waals surface area contributed by atoms with Gasteiger partial charge in [0, 0.05) is 12.1 Å². The second-order valence-corrected chi connectivity index (χ2v) is 5.09. The van der Waals surface area contributed by atoms with Crippen LogP contribution in [-0.2, 0) is 0 Å². The second kappa shape index (κ2) is 5.31. The Hall–Kier alpha value is -0.0800. The van der Waals surface area contributed by atoms with Gasteiger partial charge in [0.25, 0.3) is 0 Å². The topological polar surface area (TPSA) is 15.3 Å². The molecule has 0 aromatic rings. The quantitative estimate of drug-likeness (QED) is 0.768. The van der Waals surface area contributed by atoms with Gasteiger partial charge < -0.3 is 10.2 Å². The number of piperidine rings is 1. The zero-order chi connectivity index (χ0) is 10.7. The molecule has 15 heavy (non-hydrogen) atoms. The van der Waals surface area contributed by atoms with E-state index >= 15 is 0 Å². The molecular weight excluding hydrogens is 184 g/mol. The number of fused-ring (bicyclic) bond motifs is 1. The maximum Gasteiger partial charge on any atom is 0.0150 e. The zero-order valence-corrected chi connectivity index (χ0v) is 10.3. The van der Waals surface area contributed by atoms with Gasteiger partial charge in [0.2, 0.25) is 0 Å². The smallest absolute Gasteiger partial charge is 0.0150 e. The minimum absolute atomic E-state index is 0.832. The Labute approximate surface area is 94.4 Å². The molecule has 1 N–H and O–H groups in total. The van der Waals surface area contributed by atoms with Crippen LogP contribution in [0.2, 0.25) is 0 Å². The second-order valence-electron chi connectivity index (χ2n) is 5.09. The Morgan fingerprint density at radius 2 is 1.80 bits per heavy atom. The van der Waals surface area contributed by atoms with E-state index < -0.39 is 0 Å². The molecule has 3 atom stereocenters. The fourth-order valence-electron chi connectivity index (χ4n) is 3.65. The number of nitrogens with zero attached hydrogens (tertiary/aromatic N) is 1. The summed E-state index contributed by atoms with van der Waals surface area (Å²) in [5, 5.41) is 3.73. The molecule has 0 bridgehead atoms.